The van der Waals surface area contributed by atoms with Gasteiger partial charge in [-0.2, -0.15) is 13.2 Å². The fourth-order valence-electron chi connectivity index (χ4n) is 2.39. The fourth-order valence-corrected chi connectivity index (χ4v) is 2.39. The molecule has 0 aromatic heterocycles. The highest BCUT2D eigenvalue weighted by molar-refractivity contribution is 5.28. The Hall–Kier alpha value is -1.07. The van der Waals surface area contributed by atoms with Crippen LogP contribution in [0, 0.1) is 5.92 Å². The Morgan fingerprint density at radius 3 is 2.39 bits per heavy atom. The molecule has 0 amide bonds. The molecule has 0 radical (unpaired) electrons. The summed E-state index contributed by atoms with van der Waals surface area (Å²) in [6, 6.07) is 5.29. The number of halogens is 3. The van der Waals surface area contributed by atoms with Crippen LogP contribution in [-0.2, 0) is 10.9 Å². The van der Waals surface area contributed by atoms with Gasteiger partial charge in [-0.15, -0.1) is 0 Å². The molecule has 100 valence electrons. The normalized spacial score (nSPS) is 22.1. The van der Waals surface area contributed by atoms with Gasteiger partial charge in [0.05, 0.1) is 12.2 Å². The molecule has 0 spiro atoms. The maximum Gasteiger partial charge on any atom is 0.416 e. The van der Waals surface area contributed by atoms with Crippen molar-refractivity contribution in [2.45, 2.75) is 18.5 Å². The second kappa shape index (κ2) is 5.28. The van der Waals surface area contributed by atoms with Crippen LogP contribution in [0.4, 0.5) is 13.2 Å². The molecule has 2 N–H and O–H groups in total. The number of benzene rings is 1. The van der Waals surface area contributed by atoms with Crippen LogP contribution in [0.1, 0.15) is 23.5 Å². The van der Waals surface area contributed by atoms with Crippen LogP contribution in [-0.4, -0.2) is 19.8 Å². The van der Waals surface area contributed by atoms with Gasteiger partial charge in [0.25, 0.3) is 0 Å². The minimum Gasteiger partial charge on any atom is -0.381 e. The molecule has 1 aromatic rings. The van der Waals surface area contributed by atoms with Gasteiger partial charge in [-0.25, -0.2) is 0 Å². The quantitative estimate of drug-likeness (QED) is 0.906. The lowest BCUT2D eigenvalue weighted by molar-refractivity contribution is -0.137. The maximum absolute atomic E-state index is 12.5. The van der Waals surface area contributed by atoms with E-state index in [1.165, 1.54) is 12.1 Å². The molecule has 1 saturated heterocycles. The highest BCUT2D eigenvalue weighted by Gasteiger charge is 2.31. The summed E-state index contributed by atoms with van der Waals surface area (Å²) in [5.74, 6) is 0.390. The van der Waals surface area contributed by atoms with E-state index >= 15 is 0 Å². The van der Waals surface area contributed by atoms with Gasteiger partial charge in [0.15, 0.2) is 0 Å². The molecule has 1 aromatic carbocycles. The van der Waals surface area contributed by atoms with E-state index in [1.807, 2.05) is 0 Å². The number of alkyl halides is 3. The number of nitrogens with two attached hydrogens (primary N) is 1. The molecule has 0 bridgehead atoms. The Labute approximate surface area is 104 Å². The highest BCUT2D eigenvalue weighted by atomic mass is 19.4. The second-order valence-corrected chi connectivity index (χ2v) is 4.59. The van der Waals surface area contributed by atoms with Gasteiger partial charge in [-0.1, -0.05) is 12.1 Å². The number of hydrogen-bond donors (Lipinski definition) is 1. The van der Waals surface area contributed by atoms with E-state index in [9.17, 15) is 13.2 Å². The minimum atomic E-state index is -4.28. The third-order valence-electron chi connectivity index (χ3n) is 3.45. The summed E-state index contributed by atoms with van der Waals surface area (Å²) < 4.78 is 42.7. The van der Waals surface area contributed by atoms with E-state index in [-0.39, 0.29) is 5.92 Å². The summed E-state index contributed by atoms with van der Waals surface area (Å²) in [5.41, 5.74) is 5.97. The summed E-state index contributed by atoms with van der Waals surface area (Å²) in [4.78, 5) is 0. The Balaban J connectivity index is 2.16. The van der Waals surface area contributed by atoms with Crippen LogP contribution >= 0.6 is 0 Å². The third kappa shape index (κ3) is 2.84. The predicted molar refractivity (Wildman–Crippen MR) is 62.2 cm³/mol. The molecule has 0 aliphatic carbocycles. The molecule has 2 atom stereocenters. The van der Waals surface area contributed by atoms with Gasteiger partial charge in [-0.3, -0.25) is 0 Å². The second-order valence-electron chi connectivity index (χ2n) is 4.59. The molecule has 18 heavy (non-hydrogen) atoms. The molecule has 2 nitrogen and oxygen atoms in total. The number of hydrogen-bond acceptors (Lipinski definition) is 2. The zero-order valence-corrected chi connectivity index (χ0v) is 9.91. The summed E-state index contributed by atoms with van der Waals surface area (Å²) >= 11 is 0. The van der Waals surface area contributed by atoms with Gasteiger partial charge in [0.2, 0.25) is 0 Å². The van der Waals surface area contributed by atoms with Crippen molar-refractivity contribution in [3.8, 4) is 0 Å². The summed E-state index contributed by atoms with van der Waals surface area (Å²) in [6.45, 7) is 1.78. The van der Waals surface area contributed by atoms with Gasteiger partial charge < -0.3 is 10.5 Å². The van der Waals surface area contributed by atoms with Crippen molar-refractivity contribution < 1.29 is 17.9 Å². The Bertz CT molecular complexity index is 382. The van der Waals surface area contributed by atoms with Gasteiger partial charge in [0.1, 0.15) is 0 Å². The Morgan fingerprint density at radius 1 is 1.28 bits per heavy atom. The molecule has 2 rings (SSSR count). The monoisotopic (exact) mass is 259 g/mol. The van der Waals surface area contributed by atoms with E-state index in [4.69, 9.17) is 10.5 Å². The van der Waals surface area contributed by atoms with Crippen LogP contribution in [0.15, 0.2) is 24.3 Å². The molecule has 5 heteroatoms. The van der Waals surface area contributed by atoms with Crippen LogP contribution in [0.3, 0.4) is 0 Å². The van der Waals surface area contributed by atoms with E-state index in [0.29, 0.717) is 25.7 Å². The van der Waals surface area contributed by atoms with Crippen molar-refractivity contribution in [3.05, 3.63) is 35.4 Å². The molecule has 1 aliphatic heterocycles. The smallest absolute Gasteiger partial charge is 0.381 e. The first-order valence-electron chi connectivity index (χ1n) is 5.97. The van der Waals surface area contributed by atoms with Gasteiger partial charge in [0, 0.05) is 12.5 Å². The molecular weight excluding hydrogens is 243 g/mol. The van der Waals surface area contributed by atoms with E-state index in [2.05, 4.69) is 0 Å². The lowest BCUT2D eigenvalue weighted by Gasteiger charge is -2.21. The molecular formula is C13H16F3NO. The van der Waals surface area contributed by atoms with E-state index in [1.54, 1.807) is 0 Å². The lowest BCUT2D eigenvalue weighted by atomic mass is 9.85. The average molecular weight is 259 g/mol. The first-order valence-corrected chi connectivity index (χ1v) is 5.97. The standard InChI is InChI=1S/C13H16F3NO/c14-13(15,16)11-3-1-9(2-4-11)12(7-17)10-5-6-18-8-10/h1-4,10,12H,5-8,17H2. The van der Waals surface area contributed by atoms with Crippen molar-refractivity contribution in [1.82, 2.24) is 0 Å². The van der Waals surface area contributed by atoms with E-state index in [0.717, 1.165) is 24.1 Å². The van der Waals surface area contributed by atoms with Crippen LogP contribution in [0.2, 0.25) is 0 Å². The Morgan fingerprint density at radius 2 is 1.94 bits per heavy atom. The van der Waals surface area contributed by atoms with Crippen molar-refractivity contribution in [2.24, 2.45) is 11.7 Å². The lowest BCUT2D eigenvalue weighted by Crippen LogP contribution is -2.22. The Kier molecular flexibility index (Phi) is 3.92. The van der Waals surface area contributed by atoms with E-state index < -0.39 is 11.7 Å². The van der Waals surface area contributed by atoms with Crippen molar-refractivity contribution in [1.29, 1.82) is 0 Å². The van der Waals surface area contributed by atoms with Crippen LogP contribution in [0.25, 0.3) is 0 Å². The van der Waals surface area contributed by atoms with Crippen molar-refractivity contribution in [2.75, 3.05) is 19.8 Å². The summed E-state index contributed by atoms with van der Waals surface area (Å²) in [6.07, 6.45) is -3.36. The summed E-state index contributed by atoms with van der Waals surface area (Å²) in [7, 11) is 0. The van der Waals surface area contributed by atoms with Crippen LogP contribution < -0.4 is 5.73 Å². The SMILES string of the molecule is NCC(c1ccc(C(F)(F)F)cc1)C1CCOC1. The zero-order chi connectivity index (χ0) is 13.2. The van der Waals surface area contributed by atoms with Gasteiger partial charge in [-0.05, 0) is 36.6 Å². The average Bonchev–Trinajstić information content (AvgIpc) is 2.83. The topological polar surface area (TPSA) is 35.2 Å². The molecule has 1 heterocycles. The first kappa shape index (κ1) is 13.4. The maximum atomic E-state index is 12.5. The van der Waals surface area contributed by atoms with Gasteiger partial charge >= 0.3 is 6.18 Å². The molecule has 1 aliphatic rings. The number of rotatable bonds is 3. The van der Waals surface area contributed by atoms with Crippen molar-refractivity contribution >= 4 is 0 Å². The number of ether oxygens (including phenoxy) is 1. The van der Waals surface area contributed by atoms with Crippen molar-refractivity contribution in [3.63, 3.8) is 0 Å². The summed E-state index contributed by atoms with van der Waals surface area (Å²) in [5, 5.41) is 0. The third-order valence-corrected chi connectivity index (χ3v) is 3.45. The highest BCUT2D eigenvalue weighted by Crippen LogP contribution is 2.33. The van der Waals surface area contributed by atoms with Crippen LogP contribution in [0.5, 0.6) is 0 Å². The largest absolute Gasteiger partial charge is 0.416 e. The molecule has 2 unspecified atom stereocenters. The molecule has 1 fully saturated rings. The fraction of sp³-hybridized carbons (Fsp3) is 0.538. The molecule has 0 saturated carbocycles. The zero-order valence-electron chi connectivity index (χ0n) is 9.91. The first-order chi connectivity index (χ1) is 8.52. The minimum absolute atomic E-state index is 0.0785. The predicted octanol–water partition coefficient (Wildman–Crippen LogP) is 2.78.